The van der Waals surface area contributed by atoms with Gasteiger partial charge in [0.2, 0.25) is 0 Å². The number of piperidine rings is 1. The summed E-state index contributed by atoms with van der Waals surface area (Å²) in [5, 5.41) is 10.1. The Hall–Kier alpha value is 0.500. The molecule has 2 rings (SSSR count). The fraction of sp³-hybridized carbons (Fsp3) is 1.00. The number of nitrogens with zero attached hydrogens (tertiary/aromatic N) is 1. The van der Waals surface area contributed by atoms with Crippen LogP contribution in [-0.2, 0) is 0 Å². The van der Waals surface area contributed by atoms with E-state index < -0.39 is 0 Å². The highest BCUT2D eigenvalue weighted by atomic mass is 35.5. The molecule has 4 heteroatoms. The molecule has 1 aliphatic heterocycles. The lowest BCUT2D eigenvalue weighted by molar-refractivity contribution is 0.0202. The van der Waals surface area contributed by atoms with Gasteiger partial charge in [0.15, 0.2) is 0 Å². The van der Waals surface area contributed by atoms with Crippen molar-refractivity contribution in [3.63, 3.8) is 0 Å². The second-order valence-electron chi connectivity index (χ2n) is 5.38. The molecule has 1 aliphatic carbocycles. The standard InChI is InChI=1S/C12H21Cl2NO/c1-15-4-2-8(3-5-15)9-6-10(13)11(14)7-12(9)16/h8-12,16H,2-7H2,1H3. The third kappa shape index (κ3) is 2.84. The van der Waals surface area contributed by atoms with Gasteiger partial charge in [0.1, 0.15) is 0 Å². The van der Waals surface area contributed by atoms with Gasteiger partial charge < -0.3 is 10.0 Å². The zero-order valence-corrected chi connectivity index (χ0v) is 11.3. The highest BCUT2D eigenvalue weighted by Crippen LogP contribution is 2.39. The third-order valence-corrected chi connectivity index (χ3v) is 5.31. The van der Waals surface area contributed by atoms with E-state index in [4.69, 9.17) is 23.2 Å². The Morgan fingerprint density at radius 2 is 1.62 bits per heavy atom. The Morgan fingerprint density at radius 1 is 1.06 bits per heavy atom. The van der Waals surface area contributed by atoms with Crippen molar-refractivity contribution in [2.45, 2.75) is 42.5 Å². The summed E-state index contributed by atoms with van der Waals surface area (Å²) in [5.41, 5.74) is 0. The first-order valence-electron chi connectivity index (χ1n) is 6.22. The van der Waals surface area contributed by atoms with Crippen LogP contribution >= 0.6 is 23.2 Å². The largest absolute Gasteiger partial charge is 0.393 e. The average molecular weight is 266 g/mol. The first-order chi connectivity index (χ1) is 7.58. The first kappa shape index (κ1) is 12.9. The molecule has 0 aromatic rings. The van der Waals surface area contributed by atoms with E-state index in [0.29, 0.717) is 18.3 Å². The van der Waals surface area contributed by atoms with E-state index >= 15 is 0 Å². The molecule has 4 atom stereocenters. The Balaban J connectivity index is 1.93. The van der Waals surface area contributed by atoms with Crippen LogP contribution in [0.5, 0.6) is 0 Å². The van der Waals surface area contributed by atoms with Gasteiger partial charge in [0, 0.05) is 0 Å². The SMILES string of the molecule is CN1CCC(C2CC(Cl)C(Cl)CC2O)CC1. The molecule has 1 heterocycles. The van der Waals surface area contributed by atoms with Crippen LogP contribution in [0.3, 0.4) is 0 Å². The van der Waals surface area contributed by atoms with Gasteiger partial charge in [-0.3, -0.25) is 0 Å². The Morgan fingerprint density at radius 3 is 2.25 bits per heavy atom. The molecule has 0 aromatic heterocycles. The molecule has 16 heavy (non-hydrogen) atoms. The number of rotatable bonds is 1. The summed E-state index contributed by atoms with van der Waals surface area (Å²) >= 11 is 12.3. The lowest BCUT2D eigenvalue weighted by Crippen LogP contribution is -2.43. The van der Waals surface area contributed by atoms with E-state index in [0.717, 1.165) is 19.5 Å². The number of likely N-dealkylation sites (tertiary alicyclic amines) is 1. The highest BCUT2D eigenvalue weighted by molar-refractivity contribution is 6.30. The second-order valence-corrected chi connectivity index (χ2v) is 6.50. The zero-order chi connectivity index (χ0) is 11.7. The zero-order valence-electron chi connectivity index (χ0n) is 9.78. The molecule has 1 N–H and O–H groups in total. The number of hydrogen-bond acceptors (Lipinski definition) is 2. The van der Waals surface area contributed by atoms with Crippen LogP contribution in [-0.4, -0.2) is 47.0 Å². The number of aliphatic hydroxyl groups excluding tert-OH is 1. The normalized spacial score (nSPS) is 43.5. The van der Waals surface area contributed by atoms with Crippen molar-refractivity contribution in [1.82, 2.24) is 4.90 Å². The van der Waals surface area contributed by atoms with E-state index in [1.54, 1.807) is 0 Å². The molecule has 1 saturated carbocycles. The predicted molar refractivity (Wildman–Crippen MR) is 68.2 cm³/mol. The molecule has 0 bridgehead atoms. The maximum atomic E-state index is 10.1. The molecule has 0 spiro atoms. The van der Waals surface area contributed by atoms with Gasteiger partial charge >= 0.3 is 0 Å². The monoisotopic (exact) mass is 265 g/mol. The van der Waals surface area contributed by atoms with E-state index in [1.165, 1.54) is 12.8 Å². The lowest BCUT2D eigenvalue weighted by Gasteiger charge is -2.41. The summed E-state index contributed by atoms with van der Waals surface area (Å²) < 4.78 is 0. The molecular weight excluding hydrogens is 245 g/mol. The Bertz CT molecular complexity index is 231. The quantitative estimate of drug-likeness (QED) is 0.736. The average Bonchev–Trinajstić information content (AvgIpc) is 2.25. The van der Waals surface area contributed by atoms with Crippen molar-refractivity contribution >= 4 is 23.2 Å². The maximum Gasteiger partial charge on any atom is 0.0586 e. The number of hydrogen-bond donors (Lipinski definition) is 1. The van der Waals surface area contributed by atoms with Gasteiger partial charge in [-0.25, -0.2) is 0 Å². The molecule has 0 radical (unpaired) electrons. The van der Waals surface area contributed by atoms with Gasteiger partial charge in [-0.1, -0.05) is 0 Å². The fourth-order valence-electron chi connectivity index (χ4n) is 3.08. The van der Waals surface area contributed by atoms with Crippen molar-refractivity contribution in [1.29, 1.82) is 0 Å². The summed E-state index contributed by atoms with van der Waals surface area (Å²) in [4.78, 5) is 2.36. The van der Waals surface area contributed by atoms with Gasteiger partial charge in [-0.2, -0.15) is 0 Å². The summed E-state index contributed by atoms with van der Waals surface area (Å²) in [6.07, 6.45) is 3.67. The second kappa shape index (κ2) is 5.43. The van der Waals surface area contributed by atoms with Crippen LogP contribution in [0.25, 0.3) is 0 Å². The molecular formula is C12H21Cl2NO. The lowest BCUT2D eigenvalue weighted by atomic mass is 9.74. The fourth-order valence-corrected chi connectivity index (χ4v) is 3.68. The van der Waals surface area contributed by atoms with Crippen molar-refractivity contribution in [2.75, 3.05) is 20.1 Å². The van der Waals surface area contributed by atoms with Crippen LogP contribution in [0.2, 0.25) is 0 Å². The molecule has 2 nitrogen and oxygen atoms in total. The summed E-state index contributed by atoms with van der Waals surface area (Å²) in [6.45, 7) is 2.29. The van der Waals surface area contributed by atoms with Crippen molar-refractivity contribution in [3.8, 4) is 0 Å². The predicted octanol–water partition coefficient (Wildman–Crippen LogP) is 2.31. The summed E-state index contributed by atoms with van der Waals surface area (Å²) in [7, 11) is 2.16. The van der Waals surface area contributed by atoms with Crippen LogP contribution in [0.4, 0.5) is 0 Å². The third-order valence-electron chi connectivity index (χ3n) is 4.22. The molecule has 94 valence electrons. The minimum absolute atomic E-state index is 0.0368. The van der Waals surface area contributed by atoms with Crippen molar-refractivity contribution in [2.24, 2.45) is 11.8 Å². The molecule has 0 aromatic carbocycles. The Kier molecular flexibility index (Phi) is 4.39. The van der Waals surface area contributed by atoms with E-state index in [9.17, 15) is 5.11 Å². The van der Waals surface area contributed by atoms with Crippen LogP contribution in [0.1, 0.15) is 25.7 Å². The smallest absolute Gasteiger partial charge is 0.0586 e. The van der Waals surface area contributed by atoms with Crippen molar-refractivity contribution in [3.05, 3.63) is 0 Å². The first-order valence-corrected chi connectivity index (χ1v) is 7.10. The number of alkyl halides is 2. The van der Waals surface area contributed by atoms with E-state index in [1.807, 2.05) is 0 Å². The topological polar surface area (TPSA) is 23.5 Å². The minimum Gasteiger partial charge on any atom is -0.393 e. The van der Waals surface area contributed by atoms with Gasteiger partial charge in [0.25, 0.3) is 0 Å². The summed E-state index contributed by atoms with van der Waals surface area (Å²) in [5.74, 6) is 1.00. The van der Waals surface area contributed by atoms with Gasteiger partial charge in [0.05, 0.1) is 16.9 Å². The van der Waals surface area contributed by atoms with E-state index in [-0.39, 0.29) is 16.9 Å². The Labute approximate surface area is 108 Å². The molecule has 4 unspecified atom stereocenters. The van der Waals surface area contributed by atoms with Gasteiger partial charge in [-0.15, -0.1) is 23.2 Å². The maximum absolute atomic E-state index is 10.1. The number of halogens is 2. The minimum atomic E-state index is -0.245. The van der Waals surface area contributed by atoms with Gasteiger partial charge in [-0.05, 0) is 57.7 Å². The van der Waals surface area contributed by atoms with Crippen LogP contribution < -0.4 is 0 Å². The summed E-state index contributed by atoms with van der Waals surface area (Å²) in [6, 6.07) is 0. The number of aliphatic hydroxyl groups is 1. The molecule has 2 aliphatic rings. The van der Waals surface area contributed by atoms with Crippen molar-refractivity contribution < 1.29 is 5.11 Å². The van der Waals surface area contributed by atoms with Crippen LogP contribution in [0.15, 0.2) is 0 Å². The van der Waals surface area contributed by atoms with E-state index in [2.05, 4.69) is 11.9 Å². The van der Waals surface area contributed by atoms with Crippen LogP contribution in [0, 0.1) is 11.8 Å². The molecule has 1 saturated heterocycles. The molecule has 2 fully saturated rings. The highest BCUT2D eigenvalue weighted by Gasteiger charge is 2.39. The molecule has 0 amide bonds.